The van der Waals surface area contributed by atoms with Crippen molar-refractivity contribution < 1.29 is 26.0 Å². The van der Waals surface area contributed by atoms with Gasteiger partial charge in [0.2, 0.25) is 0 Å². The van der Waals surface area contributed by atoms with Gasteiger partial charge in [0, 0.05) is 17.8 Å². The average Bonchev–Trinajstić information content (AvgIpc) is 2.50. The first-order valence-electron chi connectivity index (χ1n) is 8.48. The number of benzene rings is 1. The summed E-state index contributed by atoms with van der Waals surface area (Å²) in [5.41, 5.74) is 3.36. The molecule has 0 atom stereocenters. The van der Waals surface area contributed by atoms with E-state index in [1.807, 2.05) is 25.3 Å². The molecule has 1 saturated carbocycles. The number of aliphatic imine (C=N–C) groups is 1. The van der Waals surface area contributed by atoms with Crippen LogP contribution >= 0.6 is 17.0 Å². The zero-order valence-electron chi connectivity index (χ0n) is 15.4. The van der Waals surface area contributed by atoms with Gasteiger partial charge in [-0.15, -0.1) is 0 Å². The topological polar surface area (TPSA) is 32.6 Å². The normalized spacial score (nSPS) is 21.3. The third kappa shape index (κ3) is 7.18. The summed E-state index contributed by atoms with van der Waals surface area (Å²) in [7, 11) is 9.87. The van der Waals surface area contributed by atoms with Crippen molar-refractivity contribution in [2.75, 3.05) is 0 Å². The van der Waals surface area contributed by atoms with Crippen molar-refractivity contribution >= 4 is 23.2 Å². The Kier molecular flexibility index (Phi) is 9.56. The summed E-state index contributed by atoms with van der Waals surface area (Å²) in [6, 6.07) is 4.43. The van der Waals surface area contributed by atoms with E-state index in [1.54, 1.807) is 0 Å². The Morgan fingerprint density at radius 2 is 1.67 bits per heavy atom. The molecule has 24 heavy (non-hydrogen) atoms. The van der Waals surface area contributed by atoms with E-state index in [9.17, 15) is 5.11 Å². The van der Waals surface area contributed by atoms with E-state index in [0.29, 0.717) is 17.2 Å². The van der Waals surface area contributed by atoms with Gasteiger partial charge in [-0.05, 0) is 68.1 Å². The second-order valence-corrected chi connectivity index (χ2v) is 11.5. The minimum absolute atomic E-state index is 0.368. The molecule has 2 rings (SSSR count). The molecule has 0 spiro atoms. The Hall–Kier alpha value is 0.153. The van der Waals surface area contributed by atoms with Gasteiger partial charge < -0.3 is 5.11 Å². The van der Waals surface area contributed by atoms with Crippen LogP contribution in [0.4, 0.5) is 0 Å². The number of rotatable bonds is 2. The van der Waals surface area contributed by atoms with Crippen molar-refractivity contribution in [1.82, 2.24) is 0 Å². The monoisotopic (exact) mass is 447 g/mol. The van der Waals surface area contributed by atoms with Crippen LogP contribution < -0.4 is 0 Å². The standard InChI is InChI=1S/C19H29NO.2ClH.Zr/c1-13-10-14(2)18(21)15(11-13)12-20-17-8-6-16(7-9-17)19(3,4)5;;;/h10-12,16-17,21H,6-9H2,1-5H3;2*1H;/q;;;+2/p-2. The summed E-state index contributed by atoms with van der Waals surface area (Å²) in [4.78, 5) is 4.73. The predicted octanol–water partition coefficient (Wildman–Crippen LogP) is 6.41. The number of hydrogen-bond donors (Lipinski definition) is 1. The maximum absolute atomic E-state index is 10.1. The zero-order chi connectivity index (χ0) is 18.3. The fourth-order valence-electron chi connectivity index (χ4n) is 3.37. The van der Waals surface area contributed by atoms with Crippen molar-refractivity contribution in [2.45, 2.75) is 66.3 Å². The van der Waals surface area contributed by atoms with Gasteiger partial charge in [-0.3, -0.25) is 4.99 Å². The number of nitrogens with zero attached hydrogens (tertiary/aromatic N) is 1. The Morgan fingerprint density at radius 1 is 1.12 bits per heavy atom. The Balaban J connectivity index is 0.000000891. The molecular weight excluding hydrogens is 420 g/mol. The third-order valence-electron chi connectivity index (χ3n) is 4.82. The fraction of sp³-hybridized carbons (Fsp3) is 0.632. The summed E-state index contributed by atoms with van der Waals surface area (Å²) < 4.78 is 0. The van der Waals surface area contributed by atoms with E-state index in [-0.39, 0.29) is 0 Å². The fourth-order valence-corrected chi connectivity index (χ4v) is 3.37. The van der Waals surface area contributed by atoms with Crippen LogP contribution in [0.15, 0.2) is 17.1 Å². The molecule has 2 nitrogen and oxygen atoms in total. The van der Waals surface area contributed by atoms with Crippen molar-refractivity contribution in [1.29, 1.82) is 0 Å². The first-order chi connectivity index (χ1) is 11.2. The number of aryl methyl sites for hydroxylation is 2. The van der Waals surface area contributed by atoms with Gasteiger partial charge in [0.25, 0.3) is 0 Å². The molecular formula is C19H29Cl2NOZr. The Bertz CT molecular complexity index is 547. The van der Waals surface area contributed by atoms with Crippen LogP contribution in [-0.2, 0) is 20.8 Å². The quantitative estimate of drug-likeness (QED) is 0.520. The first-order valence-corrected chi connectivity index (χ1v) is 14.8. The molecule has 0 radical (unpaired) electrons. The molecule has 1 aromatic carbocycles. The average molecular weight is 450 g/mol. The molecule has 0 saturated heterocycles. The molecule has 134 valence electrons. The number of hydrogen-bond acceptors (Lipinski definition) is 2. The summed E-state index contributed by atoms with van der Waals surface area (Å²) in [5.74, 6) is 1.19. The minimum atomic E-state index is -0.826. The first kappa shape index (κ1) is 22.2. The predicted molar refractivity (Wildman–Crippen MR) is 102 cm³/mol. The van der Waals surface area contributed by atoms with Crippen LogP contribution in [0.25, 0.3) is 0 Å². The maximum atomic E-state index is 10.1. The van der Waals surface area contributed by atoms with E-state index in [0.717, 1.165) is 17.0 Å². The molecule has 1 aliphatic carbocycles. The molecule has 1 aromatic rings. The molecule has 1 N–H and O–H groups in total. The van der Waals surface area contributed by atoms with Crippen molar-refractivity contribution in [3.05, 3.63) is 28.8 Å². The second-order valence-electron chi connectivity index (χ2n) is 7.74. The molecule has 1 aliphatic rings. The van der Waals surface area contributed by atoms with Crippen molar-refractivity contribution in [3.8, 4) is 5.75 Å². The third-order valence-corrected chi connectivity index (χ3v) is 4.82. The van der Waals surface area contributed by atoms with E-state index >= 15 is 0 Å². The SMILES string of the molecule is Cc1cc(C)c(O)c(C=NC2CCC(C(C)(C)C)CC2)c1.[Cl][Zr][Cl]. The molecule has 0 bridgehead atoms. The van der Waals surface area contributed by atoms with Crippen molar-refractivity contribution in [3.63, 3.8) is 0 Å². The van der Waals surface area contributed by atoms with Crippen LogP contribution in [-0.4, -0.2) is 17.4 Å². The van der Waals surface area contributed by atoms with Crippen LogP contribution in [0.1, 0.15) is 63.1 Å². The van der Waals surface area contributed by atoms with Gasteiger partial charge in [-0.25, -0.2) is 0 Å². The Morgan fingerprint density at radius 3 is 2.17 bits per heavy atom. The number of phenols is 1. The van der Waals surface area contributed by atoms with Gasteiger partial charge in [0.15, 0.2) is 0 Å². The van der Waals surface area contributed by atoms with Gasteiger partial charge >= 0.3 is 37.9 Å². The van der Waals surface area contributed by atoms with E-state index < -0.39 is 20.8 Å². The summed E-state index contributed by atoms with van der Waals surface area (Å²) in [6.45, 7) is 11.0. The second kappa shape index (κ2) is 10.3. The Labute approximate surface area is 165 Å². The zero-order valence-corrected chi connectivity index (χ0v) is 19.3. The molecule has 0 aliphatic heterocycles. The van der Waals surface area contributed by atoms with Gasteiger partial charge in [0.05, 0.1) is 0 Å². The number of halogens is 2. The van der Waals surface area contributed by atoms with E-state index in [1.165, 1.54) is 31.2 Å². The van der Waals surface area contributed by atoms with Gasteiger partial charge in [0.1, 0.15) is 5.75 Å². The van der Waals surface area contributed by atoms with E-state index in [2.05, 4.69) is 27.7 Å². The van der Waals surface area contributed by atoms with Crippen LogP contribution in [0, 0.1) is 25.2 Å². The number of aromatic hydroxyl groups is 1. The number of phenolic OH excluding ortho intramolecular Hbond substituents is 1. The molecule has 1 fully saturated rings. The molecule has 0 unspecified atom stereocenters. The molecule has 5 heteroatoms. The van der Waals surface area contributed by atoms with E-state index in [4.69, 9.17) is 22.0 Å². The molecule has 0 amide bonds. The van der Waals surface area contributed by atoms with Crippen LogP contribution in [0.5, 0.6) is 5.75 Å². The summed E-state index contributed by atoms with van der Waals surface area (Å²) in [6.07, 6.45) is 6.75. The summed E-state index contributed by atoms with van der Waals surface area (Å²) in [5, 5.41) is 10.1. The van der Waals surface area contributed by atoms with Crippen LogP contribution in [0.3, 0.4) is 0 Å². The van der Waals surface area contributed by atoms with Crippen molar-refractivity contribution in [2.24, 2.45) is 16.3 Å². The summed E-state index contributed by atoms with van der Waals surface area (Å²) >= 11 is -0.826. The molecule has 0 aromatic heterocycles. The van der Waals surface area contributed by atoms with Gasteiger partial charge in [-0.1, -0.05) is 26.8 Å². The molecule has 0 heterocycles. The van der Waals surface area contributed by atoms with Crippen LogP contribution in [0.2, 0.25) is 0 Å². The van der Waals surface area contributed by atoms with Gasteiger partial charge in [-0.2, -0.15) is 0 Å².